The predicted octanol–water partition coefficient (Wildman–Crippen LogP) is 3.27. The first-order chi connectivity index (χ1) is 16.1. The quantitative estimate of drug-likeness (QED) is 0.610. The Labute approximate surface area is 203 Å². The smallest absolute Gasteiger partial charge is 0.251 e. The third-order valence-corrected chi connectivity index (χ3v) is 9.18. The molecule has 0 unspecified atom stereocenters. The molecule has 184 valence electrons. The number of nitrogens with one attached hydrogen (secondary N) is 1. The maximum atomic E-state index is 13.5. The monoisotopic (exact) mass is 485 g/mol. The molecule has 1 aliphatic heterocycles. The van der Waals surface area contributed by atoms with Gasteiger partial charge in [0.15, 0.2) is 0 Å². The summed E-state index contributed by atoms with van der Waals surface area (Å²) in [6.07, 6.45) is 0.854. The zero-order chi connectivity index (χ0) is 25.0. The molecule has 0 radical (unpaired) electrons. The molecule has 1 N–H and O–H groups in total. The van der Waals surface area contributed by atoms with Gasteiger partial charge < -0.3 is 10.2 Å². The lowest BCUT2D eigenvalue weighted by atomic mass is 9.95. The fraction of sp³-hybridized carbons (Fsp3) is 0.462. The molecule has 0 atom stereocenters. The number of hydrogen-bond acceptors (Lipinski definition) is 4. The van der Waals surface area contributed by atoms with Crippen LogP contribution in [0.2, 0.25) is 0 Å². The van der Waals surface area contributed by atoms with Crippen molar-refractivity contribution in [2.75, 3.05) is 32.7 Å². The van der Waals surface area contributed by atoms with Crippen molar-refractivity contribution in [3.8, 4) is 0 Å². The van der Waals surface area contributed by atoms with Gasteiger partial charge in [0.2, 0.25) is 15.9 Å². The highest BCUT2D eigenvalue weighted by molar-refractivity contribution is 7.89. The van der Waals surface area contributed by atoms with Gasteiger partial charge in [0.05, 0.1) is 4.90 Å². The van der Waals surface area contributed by atoms with Gasteiger partial charge in [-0.05, 0) is 81.0 Å². The molecule has 2 aromatic rings. The van der Waals surface area contributed by atoms with Crippen LogP contribution in [0.15, 0.2) is 35.2 Å². The van der Waals surface area contributed by atoms with Crippen LogP contribution in [0.25, 0.3) is 0 Å². The fourth-order valence-electron chi connectivity index (χ4n) is 4.45. The first kappa shape index (κ1) is 25.9. The van der Waals surface area contributed by atoms with E-state index in [1.54, 1.807) is 17.0 Å². The molecule has 0 aliphatic carbocycles. The molecule has 2 aromatic carbocycles. The Morgan fingerprint density at radius 3 is 1.91 bits per heavy atom. The third kappa shape index (κ3) is 5.33. The second-order valence-corrected chi connectivity index (χ2v) is 10.8. The third-order valence-electron chi connectivity index (χ3n) is 7.01. The lowest BCUT2D eigenvalue weighted by molar-refractivity contribution is -0.132. The zero-order valence-electron chi connectivity index (χ0n) is 20.8. The molecule has 1 heterocycles. The molecule has 0 saturated carbocycles. The van der Waals surface area contributed by atoms with E-state index >= 15 is 0 Å². The van der Waals surface area contributed by atoms with Crippen LogP contribution in [0.4, 0.5) is 0 Å². The molecule has 7 nitrogen and oxygen atoms in total. The minimum Gasteiger partial charge on any atom is -0.352 e. The lowest BCUT2D eigenvalue weighted by Crippen LogP contribution is -2.50. The van der Waals surface area contributed by atoms with E-state index in [0.717, 1.165) is 27.8 Å². The van der Waals surface area contributed by atoms with Gasteiger partial charge in [-0.2, -0.15) is 4.31 Å². The van der Waals surface area contributed by atoms with E-state index in [1.807, 2.05) is 52.8 Å². The Morgan fingerprint density at radius 2 is 1.35 bits per heavy atom. The van der Waals surface area contributed by atoms with Gasteiger partial charge in [-0.1, -0.05) is 18.2 Å². The number of amides is 2. The number of nitrogens with zero attached hydrogens (tertiary/aromatic N) is 2. The number of rotatable bonds is 7. The van der Waals surface area contributed by atoms with Crippen molar-refractivity contribution < 1.29 is 18.0 Å². The van der Waals surface area contributed by atoms with Crippen molar-refractivity contribution in [1.82, 2.24) is 14.5 Å². The van der Waals surface area contributed by atoms with Crippen LogP contribution < -0.4 is 5.32 Å². The number of hydrogen-bond donors (Lipinski definition) is 1. The van der Waals surface area contributed by atoms with E-state index in [-0.39, 0.29) is 24.9 Å². The maximum absolute atomic E-state index is 13.5. The summed E-state index contributed by atoms with van der Waals surface area (Å²) >= 11 is 0. The second kappa shape index (κ2) is 10.7. The second-order valence-electron chi connectivity index (χ2n) is 8.96. The van der Waals surface area contributed by atoms with E-state index < -0.39 is 10.0 Å². The number of carbonyl (C=O) groups excluding carboxylic acids is 2. The van der Waals surface area contributed by atoms with Crippen LogP contribution in [0, 0.1) is 34.6 Å². The first-order valence-corrected chi connectivity index (χ1v) is 13.2. The van der Waals surface area contributed by atoms with Crippen molar-refractivity contribution >= 4 is 21.8 Å². The topological polar surface area (TPSA) is 86.8 Å². The largest absolute Gasteiger partial charge is 0.352 e. The fourth-order valence-corrected chi connectivity index (χ4v) is 6.43. The summed E-state index contributed by atoms with van der Waals surface area (Å²) in [7, 11) is -3.64. The summed E-state index contributed by atoms with van der Waals surface area (Å²) in [6, 6.07) is 8.96. The predicted molar refractivity (Wildman–Crippen MR) is 133 cm³/mol. The van der Waals surface area contributed by atoms with E-state index in [4.69, 9.17) is 0 Å². The molecule has 8 heteroatoms. The SMILES string of the molecule is Cc1c(C)c(C)c(S(=O)(=O)N2CCN(C(=O)CCCNC(=O)c3ccccc3)CC2)c(C)c1C. The van der Waals surface area contributed by atoms with Gasteiger partial charge in [-0.25, -0.2) is 8.42 Å². The average Bonchev–Trinajstić information content (AvgIpc) is 2.84. The molecule has 0 bridgehead atoms. The molecule has 1 fully saturated rings. The normalized spacial score (nSPS) is 14.8. The van der Waals surface area contributed by atoms with Crippen LogP contribution in [0.1, 0.15) is 51.0 Å². The number of carbonyl (C=O) groups is 2. The lowest BCUT2D eigenvalue weighted by Gasteiger charge is -2.35. The number of benzene rings is 2. The Morgan fingerprint density at radius 1 is 0.824 bits per heavy atom. The Hall–Kier alpha value is -2.71. The maximum Gasteiger partial charge on any atom is 0.251 e. The molecule has 0 aromatic heterocycles. The minimum absolute atomic E-state index is 0.0135. The highest BCUT2D eigenvalue weighted by atomic mass is 32.2. The molecule has 3 rings (SSSR count). The summed E-state index contributed by atoms with van der Waals surface area (Å²) in [4.78, 5) is 26.8. The summed E-state index contributed by atoms with van der Waals surface area (Å²) in [5, 5.41) is 2.83. The zero-order valence-corrected chi connectivity index (χ0v) is 21.6. The van der Waals surface area contributed by atoms with Crippen molar-refractivity contribution in [3.63, 3.8) is 0 Å². The van der Waals surface area contributed by atoms with Crippen LogP contribution in [0.3, 0.4) is 0 Å². The van der Waals surface area contributed by atoms with Crippen molar-refractivity contribution in [1.29, 1.82) is 0 Å². The summed E-state index contributed by atoms with van der Waals surface area (Å²) in [5.41, 5.74) is 5.35. The van der Waals surface area contributed by atoms with E-state index in [2.05, 4.69) is 5.32 Å². The molecular formula is C26H35N3O4S. The summed E-state index contributed by atoms with van der Waals surface area (Å²) < 4.78 is 28.5. The number of piperazine rings is 1. The van der Waals surface area contributed by atoms with Crippen molar-refractivity contribution in [2.45, 2.75) is 52.4 Å². The van der Waals surface area contributed by atoms with Crippen LogP contribution in [-0.4, -0.2) is 62.2 Å². The summed E-state index contributed by atoms with van der Waals surface area (Å²) in [6.45, 7) is 11.4. The van der Waals surface area contributed by atoms with E-state index in [9.17, 15) is 18.0 Å². The van der Waals surface area contributed by atoms with Crippen LogP contribution >= 0.6 is 0 Å². The van der Waals surface area contributed by atoms with Gasteiger partial charge >= 0.3 is 0 Å². The number of sulfonamides is 1. The Bertz CT molecular complexity index is 1140. The Balaban J connectivity index is 1.54. The van der Waals surface area contributed by atoms with Crippen molar-refractivity contribution in [2.24, 2.45) is 0 Å². The first-order valence-electron chi connectivity index (χ1n) is 11.7. The van der Waals surface area contributed by atoms with Gasteiger partial charge in [-0.3, -0.25) is 9.59 Å². The van der Waals surface area contributed by atoms with Gasteiger partial charge in [-0.15, -0.1) is 0 Å². The molecule has 1 saturated heterocycles. The average molecular weight is 486 g/mol. The van der Waals surface area contributed by atoms with E-state index in [1.165, 1.54) is 4.31 Å². The van der Waals surface area contributed by atoms with Gasteiger partial charge in [0.1, 0.15) is 0 Å². The highest BCUT2D eigenvalue weighted by Crippen LogP contribution is 2.32. The minimum atomic E-state index is -3.64. The highest BCUT2D eigenvalue weighted by Gasteiger charge is 2.33. The molecule has 2 amide bonds. The van der Waals surface area contributed by atoms with Crippen LogP contribution in [0.5, 0.6) is 0 Å². The van der Waals surface area contributed by atoms with Gasteiger partial charge in [0.25, 0.3) is 5.91 Å². The van der Waals surface area contributed by atoms with E-state index in [0.29, 0.717) is 42.9 Å². The van der Waals surface area contributed by atoms with Crippen molar-refractivity contribution in [3.05, 3.63) is 63.7 Å². The molecule has 1 aliphatic rings. The standard InChI is InChI=1S/C26H35N3O4S/c1-18-19(2)21(4)25(22(5)20(18)3)34(32,33)29-16-14-28(15-17-29)24(30)12-9-13-27-26(31)23-10-7-6-8-11-23/h6-8,10-11H,9,12-17H2,1-5H3,(H,27,31). The molecule has 34 heavy (non-hydrogen) atoms. The van der Waals surface area contributed by atoms with Crippen LogP contribution in [-0.2, 0) is 14.8 Å². The van der Waals surface area contributed by atoms with Gasteiger partial charge in [0, 0.05) is 44.7 Å². The summed E-state index contributed by atoms with van der Waals surface area (Å²) in [5.74, 6) is -0.167. The Kier molecular flexibility index (Phi) is 8.15. The molecular weight excluding hydrogens is 450 g/mol. The molecule has 0 spiro atoms.